The fourth-order valence-electron chi connectivity index (χ4n) is 2.77. The normalized spacial score (nSPS) is 19.5. The maximum atomic E-state index is 12.3. The Morgan fingerprint density at radius 3 is 2.67 bits per heavy atom. The van der Waals surface area contributed by atoms with Gasteiger partial charge in [0, 0.05) is 30.4 Å². The molecule has 1 aliphatic rings. The molecule has 0 aromatic heterocycles. The minimum absolute atomic E-state index is 0.106. The van der Waals surface area contributed by atoms with Crippen LogP contribution in [0.15, 0.2) is 28.7 Å². The quantitative estimate of drug-likeness (QED) is 0.883. The zero-order valence-corrected chi connectivity index (χ0v) is 13.7. The van der Waals surface area contributed by atoms with Crippen LogP contribution >= 0.6 is 15.9 Å². The van der Waals surface area contributed by atoms with Crippen LogP contribution in [0.25, 0.3) is 0 Å². The Kier molecular flexibility index (Phi) is 5.39. The lowest BCUT2D eigenvalue weighted by atomic mass is 9.97. The van der Waals surface area contributed by atoms with Crippen LogP contribution in [0.5, 0.6) is 0 Å². The van der Waals surface area contributed by atoms with Crippen LogP contribution in [0.3, 0.4) is 0 Å². The van der Waals surface area contributed by atoms with Gasteiger partial charge in [0.1, 0.15) is 0 Å². The molecule has 1 aromatic carbocycles. The van der Waals surface area contributed by atoms with Crippen molar-refractivity contribution < 1.29 is 14.7 Å². The third-order valence-electron chi connectivity index (χ3n) is 4.02. The number of amides is 1. The first-order chi connectivity index (χ1) is 9.95. The van der Waals surface area contributed by atoms with Crippen LogP contribution in [0, 0.1) is 5.92 Å². The number of carboxylic acids is 1. The lowest BCUT2D eigenvalue weighted by Gasteiger charge is -2.19. The molecule has 0 radical (unpaired) electrons. The largest absolute Gasteiger partial charge is 0.481 e. The highest BCUT2D eigenvalue weighted by atomic mass is 79.9. The lowest BCUT2D eigenvalue weighted by Crippen LogP contribution is -2.29. The summed E-state index contributed by atoms with van der Waals surface area (Å²) >= 11 is 3.40. The van der Waals surface area contributed by atoms with Crippen molar-refractivity contribution in [3.63, 3.8) is 0 Å². The molecule has 0 spiro atoms. The highest BCUT2D eigenvalue weighted by Crippen LogP contribution is 2.25. The van der Waals surface area contributed by atoms with E-state index in [0.29, 0.717) is 19.5 Å². The van der Waals surface area contributed by atoms with E-state index in [9.17, 15) is 9.59 Å². The Labute approximate surface area is 133 Å². The summed E-state index contributed by atoms with van der Waals surface area (Å²) in [5, 5.41) is 8.81. The van der Waals surface area contributed by atoms with Crippen molar-refractivity contribution in [3.8, 4) is 0 Å². The molecule has 1 aromatic rings. The van der Waals surface area contributed by atoms with E-state index in [4.69, 9.17) is 5.11 Å². The fourth-order valence-corrected chi connectivity index (χ4v) is 3.04. The molecule has 0 aliphatic carbocycles. The summed E-state index contributed by atoms with van der Waals surface area (Å²) in [6.07, 6.45) is 1.43. The number of carbonyl (C=O) groups is 2. The maximum absolute atomic E-state index is 12.3. The Bertz CT molecular complexity index is 515. The molecule has 4 nitrogen and oxygen atoms in total. The van der Waals surface area contributed by atoms with Crippen LogP contribution < -0.4 is 0 Å². The van der Waals surface area contributed by atoms with Gasteiger partial charge in [0.2, 0.25) is 5.91 Å². The second-order valence-corrected chi connectivity index (χ2v) is 6.66. The summed E-state index contributed by atoms with van der Waals surface area (Å²) < 4.78 is 1.03. The molecule has 2 atom stereocenters. The Morgan fingerprint density at radius 2 is 2.05 bits per heavy atom. The molecule has 1 N–H and O–H groups in total. The third-order valence-corrected chi connectivity index (χ3v) is 4.55. The maximum Gasteiger partial charge on any atom is 0.303 e. The molecule has 21 heavy (non-hydrogen) atoms. The first-order valence-electron chi connectivity index (χ1n) is 7.20. The molecular formula is C16H20BrNO3. The van der Waals surface area contributed by atoms with Gasteiger partial charge in [0.25, 0.3) is 0 Å². The van der Waals surface area contributed by atoms with Gasteiger partial charge in [-0.05, 0) is 36.0 Å². The van der Waals surface area contributed by atoms with Crippen LogP contribution in [-0.2, 0) is 9.59 Å². The van der Waals surface area contributed by atoms with E-state index in [1.54, 1.807) is 0 Å². The Hall–Kier alpha value is -1.36. The SMILES string of the molecule is CC(CC(=O)N1CCC(CC(=O)O)C1)c1ccc(Br)cc1. The number of halogens is 1. The van der Waals surface area contributed by atoms with Gasteiger partial charge in [-0.25, -0.2) is 0 Å². The van der Waals surface area contributed by atoms with Gasteiger partial charge in [-0.3, -0.25) is 9.59 Å². The minimum Gasteiger partial charge on any atom is -0.481 e. The van der Waals surface area contributed by atoms with Crippen molar-refractivity contribution in [2.24, 2.45) is 5.92 Å². The molecule has 114 valence electrons. The summed E-state index contributed by atoms with van der Waals surface area (Å²) in [6.45, 7) is 3.31. The zero-order chi connectivity index (χ0) is 15.4. The fraction of sp³-hybridized carbons (Fsp3) is 0.500. The first kappa shape index (κ1) is 16.0. The molecule has 2 unspecified atom stereocenters. The first-order valence-corrected chi connectivity index (χ1v) is 8.00. The number of benzene rings is 1. The van der Waals surface area contributed by atoms with Crippen molar-refractivity contribution in [1.29, 1.82) is 0 Å². The van der Waals surface area contributed by atoms with Gasteiger partial charge in [-0.1, -0.05) is 35.0 Å². The van der Waals surface area contributed by atoms with Crippen LogP contribution in [0.1, 0.15) is 37.7 Å². The van der Waals surface area contributed by atoms with Gasteiger partial charge >= 0.3 is 5.97 Å². The Morgan fingerprint density at radius 1 is 1.38 bits per heavy atom. The number of carboxylic acid groups (broad SMARTS) is 1. The van der Waals surface area contributed by atoms with Crippen molar-refractivity contribution >= 4 is 27.8 Å². The number of carbonyl (C=O) groups excluding carboxylic acids is 1. The van der Waals surface area contributed by atoms with E-state index in [2.05, 4.69) is 15.9 Å². The van der Waals surface area contributed by atoms with E-state index < -0.39 is 5.97 Å². The van der Waals surface area contributed by atoms with Gasteiger partial charge < -0.3 is 10.0 Å². The van der Waals surface area contributed by atoms with Crippen molar-refractivity contribution in [1.82, 2.24) is 4.90 Å². The summed E-state index contributed by atoms with van der Waals surface area (Å²) in [5.74, 6) is -0.380. The smallest absolute Gasteiger partial charge is 0.303 e. The third kappa shape index (κ3) is 4.56. The number of nitrogens with zero attached hydrogens (tertiary/aromatic N) is 1. The van der Waals surface area contributed by atoms with Crippen LogP contribution in [-0.4, -0.2) is 35.0 Å². The van der Waals surface area contributed by atoms with Crippen LogP contribution in [0.2, 0.25) is 0 Å². The number of hydrogen-bond acceptors (Lipinski definition) is 2. The van der Waals surface area contributed by atoms with Gasteiger partial charge in [-0.2, -0.15) is 0 Å². The summed E-state index contributed by atoms with van der Waals surface area (Å²) in [6, 6.07) is 8.02. The minimum atomic E-state index is -0.780. The second-order valence-electron chi connectivity index (χ2n) is 5.75. The molecule has 0 bridgehead atoms. The van der Waals surface area contributed by atoms with E-state index in [1.165, 1.54) is 0 Å². The molecule has 1 fully saturated rings. The van der Waals surface area contributed by atoms with Crippen molar-refractivity contribution in [2.75, 3.05) is 13.1 Å². The summed E-state index contributed by atoms with van der Waals surface area (Å²) in [7, 11) is 0. The average Bonchev–Trinajstić information content (AvgIpc) is 2.87. The van der Waals surface area contributed by atoms with E-state index in [-0.39, 0.29) is 24.2 Å². The Balaban J connectivity index is 1.87. The molecule has 1 saturated heterocycles. The van der Waals surface area contributed by atoms with Crippen molar-refractivity contribution in [2.45, 2.75) is 32.1 Å². The average molecular weight is 354 g/mol. The molecule has 1 aliphatic heterocycles. The van der Waals surface area contributed by atoms with Gasteiger partial charge in [-0.15, -0.1) is 0 Å². The standard InChI is InChI=1S/C16H20BrNO3/c1-11(13-2-4-14(17)5-3-13)8-15(19)18-7-6-12(10-18)9-16(20)21/h2-5,11-12H,6-10H2,1H3,(H,20,21). The molecule has 2 rings (SSSR count). The summed E-state index contributed by atoms with van der Waals surface area (Å²) in [4.78, 5) is 24.8. The topological polar surface area (TPSA) is 57.6 Å². The van der Waals surface area contributed by atoms with Crippen molar-refractivity contribution in [3.05, 3.63) is 34.3 Å². The number of rotatable bonds is 5. The molecule has 0 saturated carbocycles. The number of likely N-dealkylation sites (tertiary alicyclic amines) is 1. The van der Waals surface area contributed by atoms with Gasteiger partial charge in [0.05, 0.1) is 0 Å². The van der Waals surface area contributed by atoms with E-state index in [0.717, 1.165) is 16.5 Å². The van der Waals surface area contributed by atoms with E-state index in [1.807, 2.05) is 36.1 Å². The number of aliphatic carboxylic acids is 1. The predicted molar refractivity (Wildman–Crippen MR) is 84.1 cm³/mol. The molecule has 5 heteroatoms. The lowest BCUT2D eigenvalue weighted by molar-refractivity contribution is -0.138. The molecular weight excluding hydrogens is 334 g/mol. The van der Waals surface area contributed by atoms with E-state index >= 15 is 0 Å². The highest BCUT2D eigenvalue weighted by molar-refractivity contribution is 9.10. The number of hydrogen-bond donors (Lipinski definition) is 1. The second kappa shape index (κ2) is 7.07. The zero-order valence-electron chi connectivity index (χ0n) is 12.1. The predicted octanol–water partition coefficient (Wildman–Crippen LogP) is 3.27. The monoisotopic (exact) mass is 353 g/mol. The van der Waals surface area contributed by atoms with Crippen LogP contribution in [0.4, 0.5) is 0 Å². The molecule has 1 heterocycles. The highest BCUT2D eigenvalue weighted by Gasteiger charge is 2.28. The summed E-state index contributed by atoms with van der Waals surface area (Å²) in [5.41, 5.74) is 1.15. The molecule has 1 amide bonds. The van der Waals surface area contributed by atoms with Gasteiger partial charge in [0.15, 0.2) is 0 Å².